The van der Waals surface area contributed by atoms with E-state index in [-0.39, 0.29) is 12.0 Å². The van der Waals surface area contributed by atoms with Crippen molar-refractivity contribution in [2.24, 2.45) is 5.92 Å². The van der Waals surface area contributed by atoms with Crippen LogP contribution in [0.25, 0.3) is 0 Å². The summed E-state index contributed by atoms with van der Waals surface area (Å²) in [5, 5.41) is 9.13. The van der Waals surface area contributed by atoms with Crippen molar-refractivity contribution >= 4 is 5.97 Å². The summed E-state index contributed by atoms with van der Waals surface area (Å²) >= 11 is 0. The van der Waals surface area contributed by atoms with Gasteiger partial charge in [0.2, 0.25) is 0 Å². The van der Waals surface area contributed by atoms with Crippen molar-refractivity contribution in [2.45, 2.75) is 37.3 Å². The summed E-state index contributed by atoms with van der Waals surface area (Å²) in [6, 6.07) is 10.4. The lowest BCUT2D eigenvalue weighted by Crippen LogP contribution is -2.38. The highest BCUT2D eigenvalue weighted by atomic mass is 16.4. The van der Waals surface area contributed by atoms with Gasteiger partial charge in [0.15, 0.2) is 0 Å². The SMILES string of the molecule is O=C(O)C1NNC2CC(c3ccccc3)CCC21. The summed E-state index contributed by atoms with van der Waals surface area (Å²) in [6.45, 7) is 0. The number of carbonyl (C=O) groups is 1. The van der Waals surface area contributed by atoms with E-state index in [1.54, 1.807) is 0 Å². The Hall–Kier alpha value is -1.39. The Kier molecular flexibility index (Phi) is 3.06. The second-order valence-electron chi connectivity index (χ2n) is 5.30. The van der Waals surface area contributed by atoms with Gasteiger partial charge in [-0.2, -0.15) is 0 Å². The minimum Gasteiger partial charge on any atom is -0.480 e. The zero-order valence-corrected chi connectivity index (χ0v) is 10.2. The summed E-state index contributed by atoms with van der Waals surface area (Å²) < 4.78 is 0. The molecule has 1 aliphatic carbocycles. The van der Waals surface area contributed by atoms with Gasteiger partial charge in [-0.3, -0.25) is 10.2 Å². The number of fused-ring (bicyclic) bond motifs is 1. The van der Waals surface area contributed by atoms with Crippen molar-refractivity contribution in [3.8, 4) is 0 Å². The van der Waals surface area contributed by atoms with E-state index in [9.17, 15) is 4.79 Å². The molecule has 3 rings (SSSR count). The Morgan fingerprint density at radius 2 is 1.94 bits per heavy atom. The lowest BCUT2D eigenvalue weighted by molar-refractivity contribution is -0.140. The van der Waals surface area contributed by atoms with Crippen LogP contribution in [0, 0.1) is 5.92 Å². The highest BCUT2D eigenvalue weighted by Gasteiger charge is 2.43. The van der Waals surface area contributed by atoms with Gasteiger partial charge in [0.25, 0.3) is 0 Å². The molecule has 1 aromatic rings. The molecule has 2 fully saturated rings. The zero-order chi connectivity index (χ0) is 12.5. The molecule has 1 heterocycles. The average molecular weight is 246 g/mol. The number of hydrogen-bond acceptors (Lipinski definition) is 3. The lowest BCUT2D eigenvalue weighted by Gasteiger charge is -2.32. The number of carboxylic acid groups (broad SMARTS) is 1. The first kappa shape index (κ1) is 11.7. The first-order valence-corrected chi connectivity index (χ1v) is 6.54. The fourth-order valence-corrected chi connectivity index (χ4v) is 3.34. The van der Waals surface area contributed by atoms with Crippen LogP contribution in [0.5, 0.6) is 0 Å². The fraction of sp³-hybridized carbons (Fsp3) is 0.500. The molecule has 3 N–H and O–H groups in total. The molecule has 4 atom stereocenters. The first-order chi connectivity index (χ1) is 8.75. The van der Waals surface area contributed by atoms with Gasteiger partial charge in [-0.1, -0.05) is 30.3 Å². The molecule has 4 heteroatoms. The van der Waals surface area contributed by atoms with E-state index >= 15 is 0 Å². The van der Waals surface area contributed by atoms with Crippen LogP contribution in [0.3, 0.4) is 0 Å². The number of rotatable bonds is 2. The molecule has 18 heavy (non-hydrogen) atoms. The molecule has 1 aliphatic heterocycles. The molecule has 1 saturated carbocycles. The van der Waals surface area contributed by atoms with E-state index in [1.165, 1.54) is 5.56 Å². The minimum absolute atomic E-state index is 0.225. The van der Waals surface area contributed by atoms with Crippen molar-refractivity contribution in [3.05, 3.63) is 35.9 Å². The molecule has 4 nitrogen and oxygen atoms in total. The smallest absolute Gasteiger partial charge is 0.322 e. The van der Waals surface area contributed by atoms with Crippen molar-refractivity contribution < 1.29 is 9.90 Å². The van der Waals surface area contributed by atoms with Gasteiger partial charge < -0.3 is 5.11 Å². The van der Waals surface area contributed by atoms with E-state index < -0.39 is 12.0 Å². The third-order valence-corrected chi connectivity index (χ3v) is 4.29. The summed E-state index contributed by atoms with van der Waals surface area (Å²) in [7, 11) is 0. The van der Waals surface area contributed by atoms with E-state index in [0.717, 1.165) is 19.3 Å². The normalized spacial score (nSPS) is 35.1. The molecular weight excluding hydrogens is 228 g/mol. The van der Waals surface area contributed by atoms with Gasteiger partial charge in [0.05, 0.1) is 0 Å². The Morgan fingerprint density at radius 3 is 2.67 bits per heavy atom. The van der Waals surface area contributed by atoms with Crippen LogP contribution in [0.1, 0.15) is 30.7 Å². The number of nitrogens with one attached hydrogen (secondary N) is 2. The van der Waals surface area contributed by atoms with Crippen LogP contribution in [0.2, 0.25) is 0 Å². The van der Waals surface area contributed by atoms with Crippen LogP contribution in [0.4, 0.5) is 0 Å². The molecular formula is C14H18N2O2. The van der Waals surface area contributed by atoms with E-state index in [4.69, 9.17) is 5.11 Å². The van der Waals surface area contributed by atoms with Crippen LogP contribution < -0.4 is 10.9 Å². The summed E-state index contributed by atoms with van der Waals surface area (Å²) in [5.74, 6) is 0.0323. The first-order valence-electron chi connectivity index (χ1n) is 6.54. The van der Waals surface area contributed by atoms with Gasteiger partial charge >= 0.3 is 5.97 Å². The molecule has 0 bridgehead atoms. The van der Waals surface area contributed by atoms with Crippen LogP contribution in [0.15, 0.2) is 30.3 Å². The van der Waals surface area contributed by atoms with Gasteiger partial charge in [-0.15, -0.1) is 0 Å². The second kappa shape index (κ2) is 4.71. The summed E-state index contributed by atoms with van der Waals surface area (Å²) in [4.78, 5) is 11.1. The number of aliphatic carboxylic acids is 1. The Balaban J connectivity index is 1.71. The minimum atomic E-state index is -0.742. The molecule has 1 aromatic carbocycles. The Labute approximate surface area is 106 Å². The topological polar surface area (TPSA) is 61.4 Å². The molecule has 0 amide bonds. The second-order valence-corrected chi connectivity index (χ2v) is 5.30. The van der Waals surface area contributed by atoms with E-state index in [0.29, 0.717) is 5.92 Å². The highest BCUT2D eigenvalue weighted by molar-refractivity contribution is 5.74. The predicted octanol–water partition coefficient (Wildman–Crippen LogP) is 1.50. The molecule has 96 valence electrons. The maximum Gasteiger partial charge on any atom is 0.322 e. The number of benzene rings is 1. The lowest BCUT2D eigenvalue weighted by atomic mass is 9.74. The van der Waals surface area contributed by atoms with E-state index in [2.05, 4.69) is 35.1 Å². The number of carboxylic acids is 1. The Morgan fingerprint density at radius 1 is 1.17 bits per heavy atom. The van der Waals surface area contributed by atoms with Gasteiger partial charge in [-0.25, -0.2) is 5.43 Å². The molecule has 0 spiro atoms. The maximum atomic E-state index is 11.1. The standard InChI is InChI=1S/C14H18N2O2/c17-14(18)13-11-7-6-10(8-12(11)15-16-13)9-4-2-1-3-5-9/h1-5,10-13,15-16H,6-8H2,(H,17,18). The molecule has 0 aromatic heterocycles. The zero-order valence-electron chi connectivity index (χ0n) is 10.2. The third-order valence-electron chi connectivity index (χ3n) is 4.29. The van der Waals surface area contributed by atoms with Crippen LogP contribution in [-0.4, -0.2) is 23.2 Å². The van der Waals surface area contributed by atoms with Crippen LogP contribution >= 0.6 is 0 Å². The molecule has 1 saturated heterocycles. The third kappa shape index (κ3) is 2.02. The van der Waals surface area contributed by atoms with Crippen molar-refractivity contribution in [2.75, 3.05) is 0 Å². The van der Waals surface area contributed by atoms with Gasteiger partial charge in [-0.05, 0) is 30.7 Å². The van der Waals surface area contributed by atoms with Gasteiger partial charge in [0.1, 0.15) is 6.04 Å². The molecule has 4 unspecified atom stereocenters. The highest BCUT2D eigenvalue weighted by Crippen LogP contribution is 2.38. The summed E-state index contributed by atoms with van der Waals surface area (Å²) in [6.07, 6.45) is 3.07. The maximum absolute atomic E-state index is 11.1. The quantitative estimate of drug-likeness (QED) is 0.740. The fourth-order valence-electron chi connectivity index (χ4n) is 3.34. The Bertz CT molecular complexity index is 435. The largest absolute Gasteiger partial charge is 0.480 e. The van der Waals surface area contributed by atoms with Gasteiger partial charge in [0, 0.05) is 12.0 Å². The number of hydrazine groups is 1. The van der Waals surface area contributed by atoms with Crippen LogP contribution in [-0.2, 0) is 4.79 Å². The van der Waals surface area contributed by atoms with Crippen molar-refractivity contribution in [3.63, 3.8) is 0 Å². The number of hydrogen-bond donors (Lipinski definition) is 3. The average Bonchev–Trinajstić information content (AvgIpc) is 2.82. The van der Waals surface area contributed by atoms with Crippen molar-refractivity contribution in [1.82, 2.24) is 10.9 Å². The summed E-state index contributed by atoms with van der Waals surface area (Å²) in [5.41, 5.74) is 7.45. The van der Waals surface area contributed by atoms with E-state index in [1.807, 2.05) is 6.07 Å². The predicted molar refractivity (Wildman–Crippen MR) is 68.0 cm³/mol. The molecule has 2 aliphatic rings. The molecule has 0 radical (unpaired) electrons. The monoisotopic (exact) mass is 246 g/mol. The van der Waals surface area contributed by atoms with Crippen molar-refractivity contribution in [1.29, 1.82) is 0 Å².